The molecule has 0 amide bonds. The second-order valence-corrected chi connectivity index (χ2v) is 12.2. The van der Waals surface area contributed by atoms with E-state index >= 15 is 0 Å². The number of rotatable bonds is 7. The Hall–Kier alpha value is -1.21. The maximum atomic E-state index is 11.8. The molecule has 1 rings (SSSR count). The number of benzene rings is 1. The first-order valence-corrected chi connectivity index (χ1v) is 11.2. The molecule has 1 aromatic carbocycles. The van der Waals surface area contributed by atoms with Gasteiger partial charge < -0.3 is 19.4 Å². The summed E-state index contributed by atoms with van der Waals surface area (Å²) < 4.78 is 11.1. The molecular formula is C18H30O5Si. The Morgan fingerprint density at radius 3 is 2.17 bits per heavy atom. The molecule has 0 aliphatic rings. The average molecular weight is 355 g/mol. The summed E-state index contributed by atoms with van der Waals surface area (Å²) >= 11 is 0. The van der Waals surface area contributed by atoms with Crippen molar-refractivity contribution in [3.05, 3.63) is 35.9 Å². The van der Waals surface area contributed by atoms with Gasteiger partial charge in [0, 0.05) is 0 Å². The molecule has 1 aromatic rings. The Bertz CT molecular complexity index is 524. The van der Waals surface area contributed by atoms with Crippen LogP contribution in [0.25, 0.3) is 0 Å². The van der Waals surface area contributed by atoms with E-state index in [2.05, 4.69) is 33.9 Å². The molecule has 0 saturated heterocycles. The smallest absolute Gasteiger partial charge is 0.337 e. The van der Waals surface area contributed by atoms with Crippen LogP contribution in [0.4, 0.5) is 0 Å². The maximum Gasteiger partial charge on any atom is 0.337 e. The summed E-state index contributed by atoms with van der Waals surface area (Å²) in [5.74, 6) is -0.843. The first-order valence-electron chi connectivity index (χ1n) is 8.26. The van der Waals surface area contributed by atoms with Crippen molar-refractivity contribution >= 4 is 14.3 Å². The lowest BCUT2D eigenvalue weighted by atomic mass is 10.0. The number of hydrogen-bond donors (Lipinski definition) is 2. The van der Waals surface area contributed by atoms with Crippen LogP contribution in [-0.4, -0.2) is 43.3 Å². The summed E-state index contributed by atoms with van der Waals surface area (Å²) in [5, 5.41) is 20.7. The van der Waals surface area contributed by atoms with Gasteiger partial charge in [0.2, 0.25) is 0 Å². The van der Waals surface area contributed by atoms with Crippen molar-refractivity contribution in [2.75, 3.05) is 6.61 Å². The molecular weight excluding hydrogens is 324 g/mol. The highest BCUT2D eigenvalue weighted by Gasteiger charge is 2.43. The summed E-state index contributed by atoms with van der Waals surface area (Å²) in [6.45, 7) is 12.2. The van der Waals surface area contributed by atoms with E-state index in [4.69, 9.17) is 9.16 Å². The summed E-state index contributed by atoms with van der Waals surface area (Å²) in [6.07, 6.45) is -3.85. The van der Waals surface area contributed by atoms with Gasteiger partial charge in [0.25, 0.3) is 0 Å². The van der Waals surface area contributed by atoms with Crippen LogP contribution in [-0.2, 0) is 14.0 Å². The van der Waals surface area contributed by atoms with Crippen LogP contribution in [0.15, 0.2) is 30.3 Å². The molecule has 5 nitrogen and oxygen atoms in total. The highest BCUT2D eigenvalue weighted by Crippen LogP contribution is 2.40. The van der Waals surface area contributed by atoms with Crippen LogP contribution >= 0.6 is 0 Å². The number of esters is 1. The Kier molecular flexibility index (Phi) is 7.16. The average Bonchev–Trinajstić information content (AvgIpc) is 2.51. The zero-order chi connectivity index (χ0) is 18.5. The molecule has 2 N–H and O–H groups in total. The van der Waals surface area contributed by atoms with Gasteiger partial charge in [-0.15, -0.1) is 0 Å². The molecule has 24 heavy (non-hydrogen) atoms. The second kappa shape index (κ2) is 8.25. The predicted octanol–water partition coefficient (Wildman–Crippen LogP) is 3.03. The molecule has 0 fully saturated rings. The molecule has 3 atom stereocenters. The van der Waals surface area contributed by atoms with Gasteiger partial charge in [-0.2, -0.15) is 0 Å². The van der Waals surface area contributed by atoms with Crippen LogP contribution in [0.5, 0.6) is 0 Å². The van der Waals surface area contributed by atoms with Gasteiger partial charge in [0.15, 0.2) is 14.4 Å². The van der Waals surface area contributed by atoms with Crippen molar-refractivity contribution in [2.45, 2.75) is 64.1 Å². The lowest BCUT2D eigenvalue weighted by Gasteiger charge is -2.41. The lowest BCUT2D eigenvalue weighted by Crippen LogP contribution is -2.47. The quantitative estimate of drug-likeness (QED) is 0.581. The molecule has 0 saturated carbocycles. The van der Waals surface area contributed by atoms with Crippen molar-refractivity contribution < 1.29 is 24.2 Å². The maximum absolute atomic E-state index is 11.8. The van der Waals surface area contributed by atoms with Crippen LogP contribution in [0.3, 0.4) is 0 Å². The first kappa shape index (κ1) is 20.8. The molecule has 136 valence electrons. The largest absolute Gasteiger partial charge is 0.464 e. The van der Waals surface area contributed by atoms with E-state index < -0.39 is 32.6 Å². The van der Waals surface area contributed by atoms with E-state index in [0.717, 1.165) is 5.56 Å². The van der Waals surface area contributed by atoms with E-state index in [1.807, 2.05) is 30.3 Å². The number of carbonyl (C=O) groups is 1. The molecule has 0 aromatic heterocycles. The Labute approximate surface area is 145 Å². The minimum Gasteiger partial charge on any atom is -0.464 e. The normalized spacial score (nSPS) is 16.3. The van der Waals surface area contributed by atoms with Gasteiger partial charge in [-0.25, -0.2) is 4.79 Å². The molecule has 0 bridgehead atoms. The SMILES string of the molecule is CCOC(=O)[C@H](O)[C@@H](O)[C@@H](O[Si](C)(C)C(C)(C)C)c1ccccc1. The molecule has 0 unspecified atom stereocenters. The van der Waals surface area contributed by atoms with Crippen LogP contribution in [0.2, 0.25) is 18.1 Å². The summed E-state index contributed by atoms with van der Waals surface area (Å²) in [4.78, 5) is 11.8. The first-order chi connectivity index (χ1) is 11.0. The van der Waals surface area contributed by atoms with Crippen LogP contribution in [0, 0.1) is 0 Å². The van der Waals surface area contributed by atoms with Crippen molar-refractivity contribution in [1.82, 2.24) is 0 Å². The van der Waals surface area contributed by atoms with E-state index in [9.17, 15) is 15.0 Å². The second-order valence-electron chi connectivity index (χ2n) is 7.40. The fourth-order valence-corrected chi connectivity index (χ4v) is 3.27. The number of ether oxygens (including phenoxy) is 1. The van der Waals surface area contributed by atoms with Crippen LogP contribution in [0.1, 0.15) is 39.4 Å². The molecule has 0 radical (unpaired) electrons. The lowest BCUT2D eigenvalue weighted by molar-refractivity contribution is -0.163. The van der Waals surface area contributed by atoms with Gasteiger partial charge in [0.05, 0.1) is 12.7 Å². The highest BCUT2D eigenvalue weighted by atomic mass is 28.4. The van der Waals surface area contributed by atoms with E-state index in [1.165, 1.54) is 0 Å². The number of carbonyl (C=O) groups excluding carboxylic acids is 1. The zero-order valence-corrected chi connectivity index (χ0v) is 16.4. The fraction of sp³-hybridized carbons (Fsp3) is 0.611. The van der Waals surface area contributed by atoms with E-state index in [-0.39, 0.29) is 11.6 Å². The predicted molar refractivity (Wildman–Crippen MR) is 96.1 cm³/mol. The Morgan fingerprint density at radius 2 is 1.71 bits per heavy atom. The van der Waals surface area contributed by atoms with Gasteiger partial charge >= 0.3 is 5.97 Å². The minimum atomic E-state index is -2.24. The van der Waals surface area contributed by atoms with Gasteiger partial charge in [-0.1, -0.05) is 51.1 Å². The van der Waals surface area contributed by atoms with Gasteiger partial charge in [-0.3, -0.25) is 0 Å². The Morgan fingerprint density at radius 1 is 1.17 bits per heavy atom. The standard InChI is InChI=1S/C18H30O5Si/c1-7-22-17(21)15(20)14(19)16(13-11-9-8-10-12-13)23-24(5,6)18(2,3)4/h8-12,14-16,19-20H,7H2,1-6H3/t14-,15-,16+/m1/s1. The summed E-state index contributed by atoms with van der Waals surface area (Å²) in [6, 6.07) is 9.17. The van der Waals surface area contributed by atoms with E-state index in [0.29, 0.717) is 0 Å². The molecule has 0 aliphatic carbocycles. The van der Waals surface area contributed by atoms with Crippen molar-refractivity contribution in [3.8, 4) is 0 Å². The summed E-state index contributed by atoms with van der Waals surface area (Å²) in [7, 11) is -2.24. The molecule has 0 spiro atoms. The zero-order valence-electron chi connectivity index (χ0n) is 15.4. The van der Waals surface area contributed by atoms with E-state index in [1.54, 1.807) is 6.92 Å². The van der Waals surface area contributed by atoms with Crippen molar-refractivity contribution in [2.24, 2.45) is 0 Å². The topological polar surface area (TPSA) is 76.0 Å². The molecule has 0 aliphatic heterocycles. The number of hydrogen-bond acceptors (Lipinski definition) is 5. The third-order valence-electron chi connectivity index (χ3n) is 4.52. The van der Waals surface area contributed by atoms with Gasteiger partial charge in [-0.05, 0) is 30.6 Å². The van der Waals surface area contributed by atoms with Crippen molar-refractivity contribution in [1.29, 1.82) is 0 Å². The van der Waals surface area contributed by atoms with Gasteiger partial charge in [0.1, 0.15) is 6.10 Å². The monoisotopic (exact) mass is 354 g/mol. The minimum absolute atomic E-state index is 0.0748. The number of aliphatic hydroxyl groups excluding tert-OH is 2. The fourth-order valence-electron chi connectivity index (χ4n) is 2.00. The Balaban J connectivity index is 3.13. The highest BCUT2D eigenvalue weighted by molar-refractivity contribution is 6.74. The molecule has 0 heterocycles. The molecule has 6 heteroatoms. The third kappa shape index (κ3) is 5.14. The summed E-state index contributed by atoms with van der Waals surface area (Å²) in [5.41, 5.74) is 0.721. The number of aliphatic hydroxyl groups is 2. The van der Waals surface area contributed by atoms with Crippen molar-refractivity contribution in [3.63, 3.8) is 0 Å². The van der Waals surface area contributed by atoms with Crippen LogP contribution < -0.4 is 0 Å². The third-order valence-corrected chi connectivity index (χ3v) is 8.97.